The van der Waals surface area contributed by atoms with Crippen molar-refractivity contribution in [3.8, 4) is 22.7 Å². The molecule has 2 aromatic carbocycles. The van der Waals surface area contributed by atoms with Gasteiger partial charge in [0.1, 0.15) is 22.3 Å². The van der Waals surface area contributed by atoms with Crippen LogP contribution < -0.4 is 11.2 Å². The fourth-order valence-corrected chi connectivity index (χ4v) is 3.22. The van der Waals surface area contributed by atoms with Crippen molar-refractivity contribution >= 4 is 16.8 Å². The average Bonchev–Trinajstić information content (AvgIpc) is 2.68. The molecule has 0 bridgehead atoms. The van der Waals surface area contributed by atoms with Crippen LogP contribution in [0.1, 0.15) is 17.3 Å². The van der Waals surface area contributed by atoms with Gasteiger partial charge in [-0.2, -0.15) is 0 Å². The number of nitrogens with zero attached hydrogens (tertiary/aromatic N) is 1. The number of aromatic nitrogens is 1. The van der Waals surface area contributed by atoms with E-state index in [1.807, 2.05) is 36.4 Å². The SMILES string of the molecule is CC(=O)c1c(O)c2c(=O)n(-c3ccccc3)c(-c3ccccc3)cc2oc1=O. The average molecular weight is 373 g/mol. The number of benzene rings is 2. The van der Waals surface area contributed by atoms with Gasteiger partial charge in [-0.1, -0.05) is 48.5 Å². The molecule has 0 aliphatic heterocycles. The van der Waals surface area contributed by atoms with E-state index in [2.05, 4.69) is 0 Å². The first-order valence-electron chi connectivity index (χ1n) is 8.56. The second kappa shape index (κ2) is 6.66. The molecule has 0 fully saturated rings. The Kier molecular flexibility index (Phi) is 4.16. The summed E-state index contributed by atoms with van der Waals surface area (Å²) in [7, 11) is 0. The van der Waals surface area contributed by atoms with Gasteiger partial charge < -0.3 is 9.52 Å². The van der Waals surface area contributed by atoms with Crippen LogP contribution in [-0.4, -0.2) is 15.5 Å². The first-order valence-corrected chi connectivity index (χ1v) is 8.56. The van der Waals surface area contributed by atoms with Gasteiger partial charge in [0, 0.05) is 11.8 Å². The van der Waals surface area contributed by atoms with E-state index in [4.69, 9.17) is 4.42 Å². The summed E-state index contributed by atoms with van der Waals surface area (Å²) in [6.45, 7) is 1.13. The summed E-state index contributed by atoms with van der Waals surface area (Å²) < 4.78 is 6.64. The summed E-state index contributed by atoms with van der Waals surface area (Å²) in [6.07, 6.45) is 0. The highest BCUT2D eigenvalue weighted by molar-refractivity contribution is 6.01. The molecule has 0 saturated heterocycles. The Morgan fingerprint density at radius 3 is 2.18 bits per heavy atom. The van der Waals surface area contributed by atoms with Gasteiger partial charge >= 0.3 is 5.63 Å². The number of carbonyl (C=O) groups excluding carboxylic acids is 1. The Morgan fingerprint density at radius 2 is 1.57 bits per heavy atom. The summed E-state index contributed by atoms with van der Waals surface area (Å²) in [5.41, 5.74) is -0.395. The number of aromatic hydroxyl groups is 1. The number of pyridine rings is 1. The summed E-state index contributed by atoms with van der Waals surface area (Å²) in [4.78, 5) is 37.3. The van der Waals surface area contributed by atoms with Crippen molar-refractivity contribution in [2.45, 2.75) is 6.92 Å². The molecule has 2 heterocycles. The predicted molar refractivity (Wildman–Crippen MR) is 105 cm³/mol. The normalized spacial score (nSPS) is 10.9. The minimum atomic E-state index is -0.978. The zero-order chi connectivity index (χ0) is 19.8. The van der Waals surface area contributed by atoms with Crippen molar-refractivity contribution < 1.29 is 14.3 Å². The molecule has 0 spiro atoms. The second-order valence-electron chi connectivity index (χ2n) is 6.28. The van der Waals surface area contributed by atoms with Gasteiger partial charge in [0.05, 0.1) is 5.69 Å². The van der Waals surface area contributed by atoms with Crippen molar-refractivity contribution in [1.82, 2.24) is 4.57 Å². The third-order valence-corrected chi connectivity index (χ3v) is 4.49. The maximum atomic E-state index is 13.4. The van der Waals surface area contributed by atoms with E-state index in [-0.39, 0.29) is 11.0 Å². The molecule has 138 valence electrons. The Morgan fingerprint density at radius 1 is 0.964 bits per heavy atom. The van der Waals surface area contributed by atoms with Gasteiger partial charge in [0.15, 0.2) is 5.78 Å². The fraction of sp³-hybridized carbons (Fsp3) is 0.0455. The Labute approximate surface area is 158 Å². The molecule has 6 nitrogen and oxygen atoms in total. The molecule has 0 unspecified atom stereocenters. The lowest BCUT2D eigenvalue weighted by Crippen LogP contribution is -2.23. The number of hydrogen-bond donors (Lipinski definition) is 1. The summed E-state index contributed by atoms with van der Waals surface area (Å²) in [6, 6.07) is 19.6. The van der Waals surface area contributed by atoms with Gasteiger partial charge in [-0.05, 0) is 24.6 Å². The lowest BCUT2D eigenvalue weighted by Gasteiger charge is -2.15. The molecule has 0 atom stereocenters. The number of para-hydroxylation sites is 1. The van der Waals surface area contributed by atoms with Crippen molar-refractivity contribution in [2.24, 2.45) is 0 Å². The number of Topliss-reactive ketones (excluding diaryl/α,β-unsaturated/α-hetero) is 1. The van der Waals surface area contributed by atoms with Crippen LogP contribution in [0.15, 0.2) is 80.7 Å². The third-order valence-electron chi connectivity index (χ3n) is 4.49. The van der Waals surface area contributed by atoms with Crippen LogP contribution in [0.5, 0.6) is 5.75 Å². The van der Waals surface area contributed by atoms with Crippen LogP contribution >= 0.6 is 0 Å². The first-order chi connectivity index (χ1) is 13.5. The second-order valence-corrected chi connectivity index (χ2v) is 6.28. The van der Waals surface area contributed by atoms with E-state index >= 15 is 0 Å². The Bertz CT molecular complexity index is 1320. The fourth-order valence-electron chi connectivity index (χ4n) is 3.22. The topological polar surface area (TPSA) is 89.5 Å². The Hall–Kier alpha value is -3.93. The molecular formula is C22H15NO5. The van der Waals surface area contributed by atoms with E-state index in [9.17, 15) is 19.5 Å². The summed E-state index contributed by atoms with van der Waals surface area (Å²) in [5.74, 6) is -1.33. The van der Waals surface area contributed by atoms with Crippen molar-refractivity contribution in [3.05, 3.63) is 93.1 Å². The minimum absolute atomic E-state index is 0.0801. The van der Waals surface area contributed by atoms with Gasteiger partial charge in [-0.3, -0.25) is 14.2 Å². The number of carbonyl (C=O) groups is 1. The highest BCUT2D eigenvalue weighted by Crippen LogP contribution is 2.29. The van der Waals surface area contributed by atoms with Crippen LogP contribution in [0.3, 0.4) is 0 Å². The monoisotopic (exact) mass is 373 g/mol. The van der Waals surface area contributed by atoms with E-state index in [1.54, 1.807) is 24.3 Å². The summed E-state index contributed by atoms with van der Waals surface area (Å²) >= 11 is 0. The molecular weight excluding hydrogens is 358 g/mol. The highest BCUT2D eigenvalue weighted by atomic mass is 16.4. The number of ketones is 1. The van der Waals surface area contributed by atoms with E-state index in [1.165, 1.54) is 10.6 Å². The van der Waals surface area contributed by atoms with E-state index in [0.29, 0.717) is 11.4 Å². The largest absolute Gasteiger partial charge is 0.506 e. The van der Waals surface area contributed by atoms with Gasteiger partial charge in [-0.25, -0.2) is 4.79 Å². The molecule has 0 aliphatic carbocycles. The van der Waals surface area contributed by atoms with Crippen LogP contribution in [0.2, 0.25) is 0 Å². The van der Waals surface area contributed by atoms with Crippen LogP contribution in [-0.2, 0) is 0 Å². The molecule has 1 N–H and O–H groups in total. The van der Waals surface area contributed by atoms with Crippen molar-refractivity contribution in [1.29, 1.82) is 0 Å². The zero-order valence-electron chi connectivity index (χ0n) is 14.9. The van der Waals surface area contributed by atoms with Gasteiger partial charge in [-0.15, -0.1) is 0 Å². The molecule has 0 aliphatic rings. The standard InChI is InChI=1S/C22H15NO5/c1-13(24)18-20(25)19-17(28-22(18)27)12-16(14-8-4-2-5-9-14)23(21(19)26)15-10-6-3-7-11-15/h2-12,25H,1H3. The predicted octanol–water partition coefficient (Wildman–Crippen LogP) is 3.52. The number of rotatable bonds is 3. The third kappa shape index (κ3) is 2.72. The first kappa shape index (κ1) is 17.5. The lowest BCUT2D eigenvalue weighted by atomic mass is 10.1. The van der Waals surface area contributed by atoms with Gasteiger partial charge in [0.25, 0.3) is 5.56 Å². The summed E-state index contributed by atoms with van der Waals surface area (Å²) in [5, 5.41) is 10.3. The molecule has 0 radical (unpaired) electrons. The molecule has 0 saturated carbocycles. The molecule has 0 amide bonds. The lowest BCUT2D eigenvalue weighted by molar-refractivity contribution is 0.101. The van der Waals surface area contributed by atoms with Crippen LogP contribution in [0.25, 0.3) is 27.9 Å². The van der Waals surface area contributed by atoms with Crippen molar-refractivity contribution in [3.63, 3.8) is 0 Å². The highest BCUT2D eigenvalue weighted by Gasteiger charge is 2.23. The number of fused-ring (bicyclic) bond motifs is 1. The van der Waals surface area contributed by atoms with Crippen molar-refractivity contribution in [2.75, 3.05) is 0 Å². The molecule has 4 rings (SSSR count). The van der Waals surface area contributed by atoms with E-state index < -0.39 is 28.3 Å². The minimum Gasteiger partial charge on any atom is -0.506 e. The van der Waals surface area contributed by atoms with Crippen LogP contribution in [0.4, 0.5) is 0 Å². The molecule has 4 aromatic rings. The van der Waals surface area contributed by atoms with Gasteiger partial charge in [0.2, 0.25) is 0 Å². The zero-order valence-corrected chi connectivity index (χ0v) is 14.9. The molecule has 28 heavy (non-hydrogen) atoms. The van der Waals surface area contributed by atoms with Crippen LogP contribution in [0, 0.1) is 0 Å². The number of hydrogen-bond acceptors (Lipinski definition) is 5. The molecule has 2 aromatic heterocycles. The quantitative estimate of drug-likeness (QED) is 0.555. The maximum Gasteiger partial charge on any atom is 0.351 e. The molecule has 6 heteroatoms. The Balaban J connectivity index is 2.21. The van der Waals surface area contributed by atoms with E-state index in [0.717, 1.165) is 12.5 Å². The maximum absolute atomic E-state index is 13.4. The smallest absolute Gasteiger partial charge is 0.351 e.